The van der Waals surface area contributed by atoms with Crippen molar-refractivity contribution in [3.63, 3.8) is 0 Å². The van der Waals surface area contributed by atoms with Crippen molar-refractivity contribution in [2.45, 2.75) is 39.5 Å². The van der Waals surface area contributed by atoms with E-state index >= 15 is 0 Å². The highest BCUT2D eigenvalue weighted by atomic mass is 79.9. The average Bonchev–Trinajstić information content (AvgIpc) is 2.40. The minimum atomic E-state index is 0.623. The highest BCUT2D eigenvalue weighted by molar-refractivity contribution is 9.10. The lowest BCUT2D eigenvalue weighted by molar-refractivity contribution is 0.866. The van der Waals surface area contributed by atoms with Gasteiger partial charge in [0, 0.05) is 4.47 Å². The van der Waals surface area contributed by atoms with Crippen LogP contribution in [0.5, 0.6) is 0 Å². The molecule has 0 amide bonds. The maximum Gasteiger partial charge on any atom is 0.0178 e. The standard InChI is InChI=1S/C9H11Br.C9H12/c1-7(2)8-4-3-5-9(10)6-8;1-8(2)9-6-4-3-5-7-9/h3-7H,1-2H3;3-8H,1-2H3. The monoisotopic (exact) mass is 318 g/mol. The Morgan fingerprint density at radius 2 is 1.21 bits per heavy atom. The molecule has 0 aromatic heterocycles. The second-order valence-corrected chi connectivity index (χ2v) is 6.19. The van der Waals surface area contributed by atoms with Gasteiger partial charge in [-0.15, -0.1) is 0 Å². The van der Waals surface area contributed by atoms with Gasteiger partial charge in [0.2, 0.25) is 0 Å². The van der Waals surface area contributed by atoms with E-state index in [0.29, 0.717) is 11.8 Å². The summed E-state index contributed by atoms with van der Waals surface area (Å²) in [6, 6.07) is 18.9. The molecule has 0 atom stereocenters. The third-order valence-corrected chi connectivity index (χ3v) is 3.47. The molecular formula is C18H23Br. The number of rotatable bonds is 2. The lowest BCUT2D eigenvalue weighted by atomic mass is 10.0. The van der Waals surface area contributed by atoms with E-state index in [1.807, 2.05) is 12.1 Å². The molecule has 0 aliphatic heterocycles. The van der Waals surface area contributed by atoms with Crippen LogP contribution in [-0.4, -0.2) is 0 Å². The van der Waals surface area contributed by atoms with Crippen molar-refractivity contribution < 1.29 is 0 Å². The molecule has 0 aliphatic rings. The fourth-order valence-electron chi connectivity index (χ4n) is 1.70. The van der Waals surface area contributed by atoms with Crippen molar-refractivity contribution in [1.82, 2.24) is 0 Å². The van der Waals surface area contributed by atoms with Gasteiger partial charge in [0.25, 0.3) is 0 Å². The number of hydrogen-bond donors (Lipinski definition) is 0. The normalized spacial score (nSPS) is 10.3. The first-order chi connectivity index (χ1) is 9.00. The summed E-state index contributed by atoms with van der Waals surface area (Å²) in [5.74, 6) is 1.28. The second-order valence-electron chi connectivity index (χ2n) is 5.28. The summed E-state index contributed by atoms with van der Waals surface area (Å²) >= 11 is 3.43. The molecule has 0 saturated heterocycles. The third-order valence-electron chi connectivity index (χ3n) is 2.98. The van der Waals surface area contributed by atoms with Crippen LogP contribution in [0.25, 0.3) is 0 Å². The molecule has 0 bridgehead atoms. The Kier molecular flexibility index (Phi) is 6.86. The molecule has 102 valence electrons. The first-order valence-electron chi connectivity index (χ1n) is 6.81. The van der Waals surface area contributed by atoms with Gasteiger partial charge in [-0.25, -0.2) is 0 Å². The van der Waals surface area contributed by atoms with Crippen molar-refractivity contribution >= 4 is 15.9 Å². The molecule has 0 spiro atoms. The number of hydrogen-bond acceptors (Lipinski definition) is 0. The summed E-state index contributed by atoms with van der Waals surface area (Å²) in [5, 5.41) is 0. The van der Waals surface area contributed by atoms with Gasteiger partial charge in [-0.05, 0) is 35.1 Å². The second kappa shape index (κ2) is 8.16. The molecule has 2 rings (SSSR count). The molecule has 0 N–H and O–H groups in total. The molecule has 0 fully saturated rings. The first kappa shape index (κ1) is 16.0. The van der Waals surface area contributed by atoms with E-state index in [4.69, 9.17) is 0 Å². The molecule has 2 aromatic carbocycles. The van der Waals surface area contributed by atoms with Crippen LogP contribution >= 0.6 is 15.9 Å². The molecule has 1 heteroatoms. The van der Waals surface area contributed by atoms with Crippen LogP contribution in [-0.2, 0) is 0 Å². The maximum absolute atomic E-state index is 3.43. The highest BCUT2D eigenvalue weighted by Gasteiger charge is 1.97. The minimum absolute atomic E-state index is 0.623. The zero-order chi connectivity index (χ0) is 14.3. The summed E-state index contributed by atoms with van der Waals surface area (Å²) in [4.78, 5) is 0. The molecule has 0 aliphatic carbocycles. The molecule has 0 radical (unpaired) electrons. The van der Waals surface area contributed by atoms with Crippen LogP contribution in [0, 0.1) is 0 Å². The Bertz CT molecular complexity index is 472. The quantitative estimate of drug-likeness (QED) is 0.602. The Hall–Kier alpha value is -1.08. The van der Waals surface area contributed by atoms with Crippen molar-refractivity contribution in [2.24, 2.45) is 0 Å². The fourth-order valence-corrected chi connectivity index (χ4v) is 2.12. The Balaban J connectivity index is 0.000000191. The van der Waals surface area contributed by atoms with E-state index in [1.54, 1.807) is 0 Å². The van der Waals surface area contributed by atoms with Crippen LogP contribution in [0.3, 0.4) is 0 Å². The number of halogens is 1. The van der Waals surface area contributed by atoms with Gasteiger partial charge < -0.3 is 0 Å². The summed E-state index contributed by atoms with van der Waals surface area (Å²) < 4.78 is 1.17. The highest BCUT2D eigenvalue weighted by Crippen LogP contribution is 2.18. The van der Waals surface area contributed by atoms with Crippen LogP contribution in [0.4, 0.5) is 0 Å². The topological polar surface area (TPSA) is 0 Å². The van der Waals surface area contributed by atoms with Gasteiger partial charge in [-0.1, -0.05) is 86.1 Å². The van der Waals surface area contributed by atoms with Gasteiger partial charge in [0.15, 0.2) is 0 Å². The summed E-state index contributed by atoms with van der Waals surface area (Å²) in [5.41, 5.74) is 2.80. The first-order valence-corrected chi connectivity index (χ1v) is 7.60. The molecule has 0 nitrogen and oxygen atoms in total. The summed E-state index contributed by atoms with van der Waals surface area (Å²) in [6.45, 7) is 8.80. The third kappa shape index (κ3) is 6.07. The van der Waals surface area contributed by atoms with Crippen molar-refractivity contribution in [1.29, 1.82) is 0 Å². The minimum Gasteiger partial charge on any atom is -0.0622 e. The van der Waals surface area contributed by atoms with Crippen LogP contribution in [0.15, 0.2) is 59.1 Å². The van der Waals surface area contributed by atoms with E-state index < -0.39 is 0 Å². The molecule has 0 unspecified atom stereocenters. The SMILES string of the molecule is CC(C)c1cccc(Br)c1.CC(C)c1ccccc1. The van der Waals surface area contributed by atoms with Crippen molar-refractivity contribution in [2.75, 3.05) is 0 Å². The largest absolute Gasteiger partial charge is 0.0622 e. The molecule has 0 heterocycles. The van der Waals surface area contributed by atoms with Crippen molar-refractivity contribution in [3.8, 4) is 0 Å². The summed E-state index contributed by atoms with van der Waals surface area (Å²) in [6.07, 6.45) is 0. The average molecular weight is 319 g/mol. The summed E-state index contributed by atoms with van der Waals surface area (Å²) in [7, 11) is 0. The Morgan fingerprint density at radius 3 is 1.58 bits per heavy atom. The Morgan fingerprint density at radius 1 is 0.684 bits per heavy atom. The molecule has 0 saturated carbocycles. The smallest absolute Gasteiger partial charge is 0.0178 e. The van der Waals surface area contributed by atoms with Gasteiger partial charge in [-0.2, -0.15) is 0 Å². The molecular weight excluding hydrogens is 296 g/mol. The van der Waals surface area contributed by atoms with Crippen LogP contribution in [0.2, 0.25) is 0 Å². The predicted octanol–water partition coefficient (Wildman–Crippen LogP) is 6.38. The van der Waals surface area contributed by atoms with E-state index in [1.165, 1.54) is 15.6 Å². The zero-order valence-electron chi connectivity index (χ0n) is 12.2. The Labute approximate surface area is 126 Å². The van der Waals surface area contributed by atoms with Gasteiger partial charge >= 0.3 is 0 Å². The van der Waals surface area contributed by atoms with Gasteiger partial charge in [-0.3, -0.25) is 0 Å². The van der Waals surface area contributed by atoms with Crippen LogP contribution in [0.1, 0.15) is 50.7 Å². The van der Waals surface area contributed by atoms with Crippen LogP contribution < -0.4 is 0 Å². The number of benzene rings is 2. The lowest BCUT2D eigenvalue weighted by Gasteiger charge is -2.03. The molecule has 2 aromatic rings. The van der Waals surface area contributed by atoms with Gasteiger partial charge in [0.05, 0.1) is 0 Å². The van der Waals surface area contributed by atoms with E-state index in [0.717, 1.165) is 0 Å². The maximum atomic E-state index is 3.43. The fraction of sp³-hybridized carbons (Fsp3) is 0.333. The van der Waals surface area contributed by atoms with Crippen molar-refractivity contribution in [3.05, 3.63) is 70.2 Å². The van der Waals surface area contributed by atoms with E-state index in [-0.39, 0.29) is 0 Å². The molecule has 19 heavy (non-hydrogen) atoms. The van der Waals surface area contributed by atoms with Gasteiger partial charge in [0.1, 0.15) is 0 Å². The van der Waals surface area contributed by atoms with E-state index in [9.17, 15) is 0 Å². The lowest BCUT2D eigenvalue weighted by Crippen LogP contribution is -1.84. The predicted molar refractivity (Wildman–Crippen MR) is 88.8 cm³/mol. The van der Waals surface area contributed by atoms with E-state index in [2.05, 4.69) is 86.1 Å². The zero-order valence-corrected chi connectivity index (χ0v) is 13.8.